The Bertz CT molecular complexity index is 512. The van der Waals surface area contributed by atoms with Crippen LogP contribution in [0.5, 0.6) is 0 Å². The van der Waals surface area contributed by atoms with Gasteiger partial charge >= 0.3 is 5.97 Å². The molecule has 0 saturated carbocycles. The van der Waals surface area contributed by atoms with Gasteiger partial charge in [0.05, 0.1) is 16.1 Å². The molecule has 2 aromatic rings. The molecule has 2 rings (SSSR count). The van der Waals surface area contributed by atoms with Crippen molar-refractivity contribution >= 4 is 39.3 Å². The predicted molar refractivity (Wildman–Crippen MR) is 64.9 cm³/mol. The first-order valence-electron chi connectivity index (χ1n) is 4.72. The van der Waals surface area contributed by atoms with Gasteiger partial charge in [-0.3, -0.25) is 4.79 Å². The molecule has 0 spiro atoms. The third kappa shape index (κ3) is 2.33. The van der Waals surface area contributed by atoms with Crippen molar-refractivity contribution in [2.24, 2.45) is 5.92 Å². The zero-order chi connectivity index (χ0) is 11.5. The van der Waals surface area contributed by atoms with Gasteiger partial charge in [0.2, 0.25) is 0 Å². The number of hydrogen-bond acceptors (Lipinski definition) is 5. The number of rotatable bonds is 4. The molecule has 16 heavy (non-hydrogen) atoms. The van der Waals surface area contributed by atoms with E-state index in [0.29, 0.717) is 5.75 Å². The SMILES string of the molecule is CC(CSc1ncnc2ccsc12)C(=O)O. The Balaban J connectivity index is 2.15. The summed E-state index contributed by atoms with van der Waals surface area (Å²) in [5, 5.41) is 11.6. The Morgan fingerprint density at radius 3 is 3.19 bits per heavy atom. The summed E-state index contributed by atoms with van der Waals surface area (Å²) in [6.45, 7) is 1.70. The van der Waals surface area contributed by atoms with Crippen molar-refractivity contribution in [3.63, 3.8) is 0 Å². The molecule has 0 amide bonds. The maximum absolute atomic E-state index is 10.7. The first kappa shape index (κ1) is 11.3. The van der Waals surface area contributed by atoms with Gasteiger partial charge in [-0.15, -0.1) is 23.1 Å². The smallest absolute Gasteiger partial charge is 0.307 e. The molecule has 2 aromatic heterocycles. The fraction of sp³-hybridized carbons (Fsp3) is 0.300. The zero-order valence-electron chi connectivity index (χ0n) is 8.58. The van der Waals surface area contributed by atoms with E-state index in [2.05, 4.69) is 9.97 Å². The number of hydrogen-bond donors (Lipinski definition) is 1. The molecule has 0 aromatic carbocycles. The van der Waals surface area contributed by atoms with E-state index in [9.17, 15) is 4.79 Å². The van der Waals surface area contributed by atoms with E-state index in [4.69, 9.17) is 5.11 Å². The molecule has 0 saturated heterocycles. The fourth-order valence-electron chi connectivity index (χ4n) is 1.14. The molecule has 0 aliphatic rings. The Morgan fingerprint density at radius 2 is 2.44 bits per heavy atom. The van der Waals surface area contributed by atoms with Crippen molar-refractivity contribution in [2.75, 3.05) is 5.75 Å². The van der Waals surface area contributed by atoms with Crippen LogP contribution in [0.25, 0.3) is 10.2 Å². The lowest BCUT2D eigenvalue weighted by Crippen LogP contribution is -2.11. The lowest BCUT2D eigenvalue weighted by Gasteiger charge is -2.05. The van der Waals surface area contributed by atoms with Crippen LogP contribution in [0.4, 0.5) is 0 Å². The average Bonchev–Trinajstić information content (AvgIpc) is 2.73. The molecule has 0 bridgehead atoms. The van der Waals surface area contributed by atoms with Gasteiger partial charge in [0, 0.05) is 5.75 Å². The molecular formula is C10H10N2O2S2. The second-order valence-electron chi connectivity index (χ2n) is 3.36. The number of aromatic nitrogens is 2. The largest absolute Gasteiger partial charge is 0.481 e. The fourth-order valence-corrected chi connectivity index (χ4v) is 3.10. The highest BCUT2D eigenvalue weighted by Crippen LogP contribution is 2.29. The van der Waals surface area contributed by atoms with E-state index in [-0.39, 0.29) is 5.92 Å². The number of carbonyl (C=O) groups is 1. The van der Waals surface area contributed by atoms with Gasteiger partial charge in [0.1, 0.15) is 11.4 Å². The van der Waals surface area contributed by atoms with Crippen molar-refractivity contribution in [2.45, 2.75) is 11.9 Å². The number of thioether (sulfide) groups is 1. The Hall–Kier alpha value is -1.14. The number of carboxylic acid groups (broad SMARTS) is 1. The van der Waals surface area contributed by atoms with E-state index in [1.54, 1.807) is 18.3 Å². The minimum absolute atomic E-state index is 0.366. The Labute approximate surface area is 101 Å². The summed E-state index contributed by atoms with van der Waals surface area (Å²) >= 11 is 3.05. The standard InChI is InChI=1S/C10H10N2O2S2/c1-6(10(13)14)4-16-9-8-7(2-3-15-8)11-5-12-9/h2-3,5-6H,4H2,1H3,(H,13,14). The number of nitrogens with zero attached hydrogens (tertiary/aromatic N) is 2. The molecule has 0 radical (unpaired) electrons. The highest BCUT2D eigenvalue weighted by molar-refractivity contribution is 7.99. The van der Waals surface area contributed by atoms with Gasteiger partial charge in [0.25, 0.3) is 0 Å². The lowest BCUT2D eigenvalue weighted by molar-refractivity contribution is -0.140. The quantitative estimate of drug-likeness (QED) is 0.671. The number of carboxylic acids is 1. The van der Waals surface area contributed by atoms with E-state index in [1.807, 2.05) is 11.4 Å². The minimum Gasteiger partial charge on any atom is -0.481 e. The van der Waals surface area contributed by atoms with Crippen LogP contribution in [0.3, 0.4) is 0 Å². The number of aliphatic carboxylic acids is 1. The molecule has 1 atom stereocenters. The molecule has 0 aliphatic carbocycles. The highest BCUT2D eigenvalue weighted by atomic mass is 32.2. The van der Waals surface area contributed by atoms with Crippen LogP contribution >= 0.6 is 23.1 Å². The summed E-state index contributed by atoms with van der Waals surface area (Å²) in [6, 6.07) is 1.94. The van der Waals surface area contributed by atoms with Crippen molar-refractivity contribution in [3.05, 3.63) is 17.8 Å². The molecule has 0 fully saturated rings. The first-order valence-corrected chi connectivity index (χ1v) is 6.59. The molecule has 4 nitrogen and oxygen atoms in total. The van der Waals surface area contributed by atoms with Crippen molar-refractivity contribution in [1.82, 2.24) is 9.97 Å². The van der Waals surface area contributed by atoms with Crippen LogP contribution in [0.1, 0.15) is 6.92 Å². The van der Waals surface area contributed by atoms with Crippen molar-refractivity contribution in [3.8, 4) is 0 Å². The monoisotopic (exact) mass is 254 g/mol. The molecule has 1 N–H and O–H groups in total. The van der Waals surface area contributed by atoms with Crippen LogP contribution < -0.4 is 0 Å². The second kappa shape index (κ2) is 4.80. The lowest BCUT2D eigenvalue weighted by atomic mass is 10.2. The van der Waals surface area contributed by atoms with Crippen LogP contribution in [-0.4, -0.2) is 26.8 Å². The summed E-state index contributed by atoms with van der Waals surface area (Å²) in [6.07, 6.45) is 1.52. The zero-order valence-corrected chi connectivity index (χ0v) is 10.2. The maximum Gasteiger partial charge on any atom is 0.307 e. The molecular weight excluding hydrogens is 244 g/mol. The van der Waals surface area contributed by atoms with E-state index in [1.165, 1.54) is 18.1 Å². The van der Waals surface area contributed by atoms with Gasteiger partial charge in [-0.2, -0.15) is 0 Å². The van der Waals surface area contributed by atoms with E-state index in [0.717, 1.165) is 15.2 Å². The van der Waals surface area contributed by atoms with E-state index >= 15 is 0 Å². The first-order chi connectivity index (χ1) is 7.68. The van der Waals surface area contributed by atoms with E-state index < -0.39 is 5.97 Å². The Kier molecular flexibility index (Phi) is 3.40. The predicted octanol–water partition coefficient (Wildman–Crippen LogP) is 2.50. The third-order valence-electron chi connectivity index (χ3n) is 2.10. The van der Waals surface area contributed by atoms with Crippen molar-refractivity contribution in [1.29, 1.82) is 0 Å². The van der Waals surface area contributed by atoms with Gasteiger partial charge < -0.3 is 5.11 Å². The van der Waals surface area contributed by atoms with Crippen molar-refractivity contribution < 1.29 is 9.90 Å². The summed E-state index contributed by atoms with van der Waals surface area (Å²) in [4.78, 5) is 19.0. The third-order valence-corrected chi connectivity index (χ3v) is 4.39. The summed E-state index contributed by atoms with van der Waals surface area (Å²) in [7, 11) is 0. The maximum atomic E-state index is 10.7. The normalized spacial score (nSPS) is 12.8. The number of thiophene rings is 1. The Morgan fingerprint density at radius 1 is 1.62 bits per heavy atom. The topological polar surface area (TPSA) is 63.1 Å². The highest BCUT2D eigenvalue weighted by Gasteiger charge is 2.13. The summed E-state index contributed by atoms with van der Waals surface area (Å²) < 4.78 is 1.03. The molecule has 0 aliphatic heterocycles. The molecule has 84 valence electrons. The molecule has 1 unspecified atom stereocenters. The van der Waals surface area contributed by atoms with Crippen LogP contribution in [-0.2, 0) is 4.79 Å². The second-order valence-corrected chi connectivity index (χ2v) is 5.29. The number of fused-ring (bicyclic) bond motifs is 1. The van der Waals surface area contributed by atoms with Gasteiger partial charge in [0.15, 0.2) is 0 Å². The van der Waals surface area contributed by atoms with Gasteiger partial charge in [-0.1, -0.05) is 6.92 Å². The minimum atomic E-state index is -0.774. The summed E-state index contributed by atoms with van der Waals surface area (Å²) in [5.74, 6) is -0.613. The van der Waals surface area contributed by atoms with Gasteiger partial charge in [-0.25, -0.2) is 9.97 Å². The molecule has 6 heteroatoms. The van der Waals surface area contributed by atoms with Crippen LogP contribution in [0, 0.1) is 5.92 Å². The molecule has 2 heterocycles. The van der Waals surface area contributed by atoms with Crippen LogP contribution in [0.2, 0.25) is 0 Å². The summed E-state index contributed by atoms with van der Waals surface area (Å²) in [5.41, 5.74) is 0.922. The van der Waals surface area contributed by atoms with Crippen LogP contribution in [0.15, 0.2) is 22.8 Å². The average molecular weight is 254 g/mol. The van der Waals surface area contributed by atoms with Gasteiger partial charge in [-0.05, 0) is 11.4 Å².